The Kier molecular flexibility index (Phi) is 4.07. The molecular formula is C14H20N2O2. The Labute approximate surface area is 108 Å². The summed E-state index contributed by atoms with van der Waals surface area (Å²) in [4.78, 5) is 20.5. The third-order valence-electron chi connectivity index (χ3n) is 3.74. The first-order chi connectivity index (χ1) is 8.68. The first-order valence-corrected chi connectivity index (χ1v) is 6.62. The molecule has 0 saturated heterocycles. The molecule has 0 radical (unpaired) electrons. The summed E-state index contributed by atoms with van der Waals surface area (Å²) in [6.45, 7) is 4.73. The van der Waals surface area contributed by atoms with E-state index in [-0.39, 0.29) is 5.78 Å². The van der Waals surface area contributed by atoms with E-state index in [1.165, 1.54) is 6.33 Å². The van der Waals surface area contributed by atoms with Crippen molar-refractivity contribution in [2.75, 3.05) is 6.61 Å². The molecule has 0 amide bonds. The van der Waals surface area contributed by atoms with E-state index >= 15 is 0 Å². The predicted molar refractivity (Wildman–Crippen MR) is 68.4 cm³/mol. The molecule has 1 saturated carbocycles. The largest absolute Gasteiger partial charge is 0.367 e. The Balaban J connectivity index is 2.22. The van der Waals surface area contributed by atoms with Gasteiger partial charge in [-0.05, 0) is 38.5 Å². The number of hydrogen-bond acceptors (Lipinski definition) is 4. The number of aromatic nitrogens is 2. The fourth-order valence-corrected chi connectivity index (χ4v) is 2.62. The first kappa shape index (κ1) is 13.1. The molecule has 1 heterocycles. The third kappa shape index (κ3) is 2.58. The molecule has 1 aromatic heterocycles. The van der Waals surface area contributed by atoms with E-state index in [0.717, 1.165) is 25.7 Å². The Bertz CT molecular complexity index is 398. The molecule has 1 aliphatic carbocycles. The van der Waals surface area contributed by atoms with Crippen molar-refractivity contribution in [1.29, 1.82) is 0 Å². The number of carbonyl (C=O) groups is 1. The average Bonchev–Trinajstić information content (AvgIpc) is 2.42. The van der Waals surface area contributed by atoms with Crippen LogP contribution in [0.15, 0.2) is 18.7 Å². The van der Waals surface area contributed by atoms with Crippen molar-refractivity contribution in [3.8, 4) is 0 Å². The topological polar surface area (TPSA) is 52.1 Å². The van der Waals surface area contributed by atoms with E-state index in [9.17, 15) is 4.79 Å². The van der Waals surface area contributed by atoms with E-state index in [2.05, 4.69) is 16.9 Å². The second kappa shape index (κ2) is 5.57. The summed E-state index contributed by atoms with van der Waals surface area (Å²) in [7, 11) is 0. The number of Topliss-reactive ketones (excluding diaryl/α,β-unsaturated/α-hetero) is 1. The minimum atomic E-state index is -0.647. The minimum absolute atomic E-state index is 0.0388. The molecule has 1 aromatic rings. The van der Waals surface area contributed by atoms with Crippen LogP contribution in [0.4, 0.5) is 0 Å². The fourth-order valence-electron chi connectivity index (χ4n) is 2.62. The highest BCUT2D eigenvalue weighted by Gasteiger charge is 2.42. The molecule has 0 bridgehead atoms. The molecule has 2 rings (SSSR count). The van der Waals surface area contributed by atoms with Crippen LogP contribution in [-0.4, -0.2) is 28.0 Å². The number of hydrogen-bond donors (Lipinski definition) is 0. The molecule has 0 N–H and O–H groups in total. The minimum Gasteiger partial charge on any atom is -0.367 e. The summed E-state index contributed by atoms with van der Waals surface area (Å²) in [5, 5.41) is 0. The van der Waals surface area contributed by atoms with Gasteiger partial charge in [0.2, 0.25) is 0 Å². The number of rotatable bonds is 4. The van der Waals surface area contributed by atoms with Gasteiger partial charge < -0.3 is 4.74 Å². The highest BCUT2D eigenvalue weighted by molar-refractivity contribution is 6.02. The predicted octanol–water partition coefficient (Wildman–Crippen LogP) is 2.64. The summed E-state index contributed by atoms with van der Waals surface area (Å²) in [5.41, 5.74) is -0.0908. The van der Waals surface area contributed by atoms with Crippen LogP contribution in [0.25, 0.3) is 0 Å². The van der Waals surface area contributed by atoms with Crippen molar-refractivity contribution in [1.82, 2.24) is 9.97 Å². The molecule has 0 atom stereocenters. The zero-order valence-corrected chi connectivity index (χ0v) is 11.1. The number of carbonyl (C=O) groups excluding carboxylic acids is 1. The highest BCUT2D eigenvalue weighted by Crippen LogP contribution is 2.37. The second-order valence-electron chi connectivity index (χ2n) is 5.07. The molecule has 0 unspecified atom stereocenters. The molecule has 4 nitrogen and oxygen atoms in total. The van der Waals surface area contributed by atoms with Crippen molar-refractivity contribution in [3.05, 3.63) is 24.3 Å². The molecule has 18 heavy (non-hydrogen) atoms. The highest BCUT2D eigenvalue weighted by atomic mass is 16.5. The Morgan fingerprint density at radius 2 is 2.00 bits per heavy atom. The van der Waals surface area contributed by atoms with Gasteiger partial charge in [0.05, 0.1) is 5.56 Å². The maximum atomic E-state index is 12.6. The fraction of sp³-hybridized carbons (Fsp3) is 0.643. The van der Waals surface area contributed by atoms with Gasteiger partial charge in [-0.1, -0.05) is 6.92 Å². The van der Waals surface area contributed by atoms with Crippen molar-refractivity contribution in [2.24, 2.45) is 5.92 Å². The van der Waals surface area contributed by atoms with Gasteiger partial charge in [-0.15, -0.1) is 0 Å². The van der Waals surface area contributed by atoms with Crippen LogP contribution >= 0.6 is 0 Å². The van der Waals surface area contributed by atoms with E-state index in [4.69, 9.17) is 4.74 Å². The van der Waals surface area contributed by atoms with Gasteiger partial charge in [0.1, 0.15) is 11.9 Å². The van der Waals surface area contributed by atoms with Crippen LogP contribution in [0.3, 0.4) is 0 Å². The van der Waals surface area contributed by atoms with Gasteiger partial charge in [-0.25, -0.2) is 9.97 Å². The van der Waals surface area contributed by atoms with Crippen molar-refractivity contribution >= 4 is 5.78 Å². The van der Waals surface area contributed by atoms with Gasteiger partial charge in [0.25, 0.3) is 0 Å². The number of ketones is 1. The number of ether oxygens (including phenoxy) is 1. The summed E-state index contributed by atoms with van der Waals surface area (Å²) in [6.07, 6.45) is 8.28. The second-order valence-corrected chi connectivity index (χ2v) is 5.07. The summed E-state index contributed by atoms with van der Waals surface area (Å²) >= 11 is 0. The zero-order valence-electron chi connectivity index (χ0n) is 11.1. The van der Waals surface area contributed by atoms with Crippen molar-refractivity contribution in [2.45, 2.75) is 45.1 Å². The van der Waals surface area contributed by atoms with Crippen LogP contribution in [0.1, 0.15) is 49.9 Å². The summed E-state index contributed by atoms with van der Waals surface area (Å²) in [5.74, 6) is 0.718. The van der Waals surface area contributed by atoms with Crippen LogP contribution in [0.5, 0.6) is 0 Å². The lowest BCUT2D eigenvalue weighted by Gasteiger charge is -2.37. The van der Waals surface area contributed by atoms with Gasteiger partial charge in [-0.3, -0.25) is 4.79 Å². The lowest BCUT2D eigenvalue weighted by atomic mass is 9.76. The van der Waals surface area contributed by atoms with Gasteiger partial charge >= 0.3 is 0 Å². The zero-order chi connectivity index (χ0) is 13.0. The average molecular weight is 248 g/mol. The monoisotopic (exact) mass is 248 g/mol. The van der Waals surface area contributed by atoms with E-state index < -0.39 is 5.60 Å². The standard InChI is InChI=1S/C14H20N2O2/c1-3-18-14(6-4-11(2)5-7-14)13(17)12-8-15-10-16-9-12/h8-11H,3-7H2,1-2H3. The molecule has 98 valence electrons. The van der Waals surface area contributed by atoms with Gasteiger partial charge in [-0.2, -0.15) is 0 Å². The number of nitrogens with zero attached hydrogens (tertiary/aromatic N) is 2. The van der Waals surface area contributed by atoms with E-state index in [0.29, 0.717) is 18.1 Å². The molecule has 1 aliphatic rings. The summed E-state index contributed by atoms with van der Waals surface area (Å²) in [6, 6.07) is 0. The lowest BCUT2D eigenvalue weighted by Crippen LogP contribution is -2.44. The summed E-state index contributed by atoms with van der Waals surface area (Å²) < 4.78 is 5.83. The van der Waals surface area contributed by atoms with Crippen molar-refractivity contribution < 1.29 is 9.53 Å². The Morgan fingerprint density at radius 3 is 2.56 bits per heavy atom. The first-order valence-electron chi connectivity index (χ1n) is 6.62. The van der Waals surface area contributed by atoms with Crippen LogP contribution in [-0.2, 0) is 4.74 Å². The van der Waals surface area contributed by atoms with E-state index in [1.807, 2.05) is 6.92 Å². The van der Waals surface area contributed by atoms with Gasteiger partial charge in [0.15, 0.2) is 5.78 Å². The Morgan fingerprint density at radius 1 is 1.39 bits per heavy atom. The maximum absolute atomic E-state index is 12.6. The molecule has 0 spiro atoms. The van der Waals surface area contributed by atoms with E-state index in [1.54, 1.807) is 12.4 Å². The lowest BCUT2D eigenvalue weighted by molar-refractivity contribution is -0.0474. The SMILES string of the molecule is CCOC1(C(=O)c2cncnc2)CCC(C)CC1. The quantitative estimate of drug-likeness (QED) is 0.769. The molecule has 0 aromatic carbocycles. The normalized spacial score (nSPS) is 28.0. The van der Waals surface area contributed by atoms with Crippen molar-refractivity contribution in [3.63, 3.8) is 0 Å². The molecule has 1 fully saturated rings. The van der Waals surface area contributed by atoms with Gasteiger partial charge in [0, 0.05) is 19.0 Å². The molecule has 4 heteroatoms. The Hall–Kier alpha value is -1.29. The van der Waals surface area contributed by atoms with Crippen LogP contribution < -0.4 is 0 Å². The molecular weight excluding hydrogens is 228 g/mol. The smallest absolute Gasteiger partial charge is 0.197 e. The molecule has 0 aliphatic heterocycles. The maximum Gasteiger partial charge on any atom is 0.197 e. The third-order valence-corrected chi connectivity index (χ3v) is 3.74. The van der Waals surface area contributed by atoms with Crippen LogP contribution in [0, 0.1) is 5.92 Å². The van der Waals surface area contributed by atoms with Crippen LogP contribution in [0.2, 0.25) is 0 Å².